The van der Waals surface area contributed by atoms with E-state index in [-0.39, 0.29) is 5.97 Å². The maximum Gasteiger partial charge on any atom is 0.306 e. The summed E-state index contributed by atoms with van der Waals surface area (Å²) in [5.41, 5.74) is 1.21. The second-order valence-electron chi connectivity index (χ2n) is 2.98. The van der Waals surface area contributed by atoms with Gasteiger partial charge in [0.25, 0.3) is 0 Å². The first kappa shape index (κ1) is 8.51. The average molecular weight is 194 g/mol. The molecule has 2 nitrogen and oxygen atoms in total. The van der Waals surface area contributed by atoms with E-state index in [9.17, 15) is 4.79 Å². The molecule has 0 N–H and O–H groups in total. The smallest absolute Gasteiger partial charge is 0.306 e. The monoisotopic (exact) mass is 194 g/mol. The number of thiophene rings is 1. The topological polar surface area (TPSA) is 26.3 Å². The van der Waals surface area contributed by atoms with Crippen LogP contribution in [0, 0.1) is 0 Å². The molecule has 13 heavy (non-hydrogen) atoms. The van der Waals surface area contributed by atoms with Crippen molar-refractivity contribution < 1.29 is 9.53 Å². The molecule has 0 unspecified atom stereocenters. The van der Waals surface area contributed by atoms with Gasteiger partial charge in [-0.2, -0.15) is 0 Å². The van der Waals surface area contributed by atoms with E-state index in [4.69, 9.17) is 4.74 Å². The minimum absolute atomic E-state index is 0.0803. The summed E-state index contributed by atoms with van der Waals surface area (Å²) in [5.74, 6) is -0.0803. The van der Waals surface area contributed by atoms with Crippen LogP contribution >= 0.6 is 11.3 Å². The summed E-state index contributed by atoms with van der Waals surface area (Å²) < 4.78 is 4.94. The van der Waals surface area contributed by atoms with Gasteiger partial charge in [-0.3, -0.25) is 4.79 Å². The Morgan fingerprint density at radius 2 is 2.38 bits per heavy atom. The zero-order chi connectivity index (χ0) is 9.10. The van der Waals surface area contributed by atoms with Crippen LogP contribution < -0.4 is 0 Å². The van der Waals surface area contributed by atoms with Crippen molar-refractivity contribution in [2.75, 3.05) is 6.61 Å². The Labute approximate surface area is 80.8 Å². The molecule has 0 bridgehead atoms. The van der Waals surface area contributed by atoms with Gasteiger partial charge in [0.15, 0.2) is 0 Å². The van der Waals surface area contributed by atoms with E-state index in [0.717, 1.165) is 6.42 Å². The zero-order valence-corrected chi connectivity index (χ0v) is 7.97. The highest BCUT2D eigenvalue weighted by molar-refractivity contribution is 7.10. The summed E-state index contributed by atoms with van der Waals surface area (Å²) in [6.45, 7) is 0.469. The number of carbonyl (C=O) groups is 1. The van der Waals surface area contributed by atoms with Crippen molar-refractivity contribution in [1.29, 1.82) is 0 Å². The molecule has 0 aromatic carbocycles. The first-order chi connectivity index (χ1) is 6.34. The second-order valence-corrected chi connectivity index (χ2v) is 3.96. The van der Waals surface area contributed by atoms with Crippen molar-refractivity contribution in [3.63, 3.8) is 0 Å². The second kappa shape index (κ2) is 3.75. The molecule has 0 amide bonds. The first-order valence-electron chi connectivity index (χ1n) is 4.23. The first-order valence-corrected chi connectivity index (χ1v) is 5.11. The Morgan fingerprint density at radius 3 is 3.00 bits per heavy atom. The van der Waals surface area contributed by atoms with Crippen LogP contribution in [-0.2, 0) is 9.53 Å². The van der Waals surface area contributed by atoms with E-state index in [1.54, 1.807) is 11.3 Å². The normalized spacial score (nSPS) is 20.3. The van der Waals surface area contributed by atoms with E-state index >= 15 is 0 Å². The van der Waals surface area contributed by atoms with E-state index in [0.29, 0.717) is 13.0 Å². The van der Waals surface area contributed by atoms with Crippen molar-refractivity contribution in [1.82, 2.24) is 0 Å². The number of hydrogen-bond donors (Lipinski definition) is 0. The molecule has 3 heteroatoms. The van der Waals surface area contributed by atoms with E-state index in [1.165, 1.54) is 10.5 Å². The third-order valence-electron chi connectivity index (χ3n) is 1.96. The van der Waals surface area contributed by atoms with Crippen LogP contribution in [0.1, 0.15) is 17.7 Å². The fourth-order valence-corrected chi connectivity index (χ4v) is 1.97. The Kier molecular flexibility index (Phi) is 2.45. The minimum atomic E-state index is -0.0803. The van der Waals surface area contributed by atoms with Gasteiger partial charge < -0.3 is 4.74 Å². The van der Waals surface area contributed by atoms with Crippen LogP contribution in [0.25, 0.3) is 6.08 Å². The molecule has 68 valence electrons. The van der Waals surface area contributed by atoms with Crippen molar-refractivity contribution >= 4 is 23.4 Å². The fourth-order valence-electron chi connectivity index (χ4n) is 1.27. The highest BCUT2D eigenvalue weighted by Gasteiger charge is 2.12. The fraction of sp³-hybridized carbons (Fsp3) is 0.300. The van der Waals surface area contributed by atoms with Gasteiger partial charge in [-0.05, 0) is 29.5 Å². The Morgan fingerprint density at radius 1 is 1.46 bits per heavy atom. The predicted octanol–water partition coefficient (Wildman–Crippen LogP) is 2.47. The summed E-state index contributed by atoms with van der Waals surface area (Å²) in [5, 5.41) is 2.04. The number of hydrogen-bond acceptors (Lipinski definition) is 3. The lowest BCUT2D eigenvalue weighted by Crippen LogP contribution is -2.14. The lowest BCUT2D eigenvalue weighted by atomic mass is 10.1. The Hall–Kier alpha value is -1.09. The van der Waals surface area contributed by atoms with E-state index < -0.39 is 0 Å². The van der Waals surface area contributed by atoms with Gasteiger partial charge in [-0.25, -0.2) is 0 Å². The molecule has 2 rings (SSSR count). The summed E-state index contributed by atoms with van der Waals surface area (Å²) in [6, 6.07) is 4.08. The van der Waals surface area contributed by atoms with Crippen LogP contribution in [0.4, 0.5) is 0 Å². The van der Waals surface area contributed by atoms with E-state index in [2.05, 4.69) is 12.1 Å². The predicted molar refractivity (Wildman–Crippen MR) is 52.5 cm³/mol. The molecular formula is C10H10O2S. The molecule has 0 radical (unpaired) electrons. The SMILES string of the molecule is O=C1CCC(=Cc2cccs2)CO1. The van der Waals surface area contributed by atoms with E-state index in [1.807, 2.05) is 11.4 Å². The molecule has 0 spiro atoms. The van der Waals surface area contributed by atoms with Crippen molar-refractivity contribution in [2.24, 2.45) is 0 Å². The van der Waals surface area contributed by atoms with Gasteiger partial charge in [-0.15, -0.1) is 11.3 Å². The molecule has 0 saturated carbocycles. The van der Waals surface area contributed by atoms with Crippen LogP contribution in [0.15, 0.2) is 23.1 Å². The average Bonchev–Trinajstić information content (AvgIpc) is 2.62. The lowest BCUT2D eigenvalue weighted by molar-refractivity contribution is -0.144. The van der Waals surface area contributed by atoms with Crippen molar-refractivity contribution in [3.05, 3.63) is 28.0 Å². The maximum absolute atomic E-state index is 10.8. The van der Waals surface area contributed by atoms with Gasteiger partial charge >= 0.3 is 5.97 Å². The van der Waals surface area contributed by atoms with Gasteiger partial charge in [0.1, 0.15) is 6.61 Å². The van der Waals surface area contributed by atoms with Crippen molar-refractivity contribution in [2.45, 2.75) is 12.8 Å². The molecule has 1 saturated heterocycles. The molecule has 2 heterocycles. The molecule has 1 aliphatic rings. The molecule has 1 aromatic rings. The van der Waals surface area contributed by atoms with Gasteiger partial charge in [0, 0.05) is 11.3 Å². The van der Waals surface area contributed by atoms with Gasteiger partial charge in [0.2, 0.25) is 0 Å². The number of ether oxygens (including phenoxy) is 1. The number of esters is 1. The summed E-state index contributed by atoms with van der Waals surface area (Å²) in [6.07, 6.45) is 3.48. The van der Waals surface area contributed by atoms with Crippen molar-refractivity contribution in [3.8, 4) is 0 Å². The Balaban J connectivity index is 2.05. The minimum Gasteiger partial charge on any atom is -0.461 e. The third-order valence-corrected chi connectivity index (χ3v) is 2.78. The van der Waals surface area contributed by atoms with Gasteiger partial charge in [0.05, 0.1) is 0 Å². The molecular weight excluding hydrogens is 184 g/mol. The molecule has 0 atom stereocenters. The molecule has 1 aliphatic heterocycles. The van der Waals surface area contributed by atoms with Crippen LogP contribution in [0.2, 0.25) is 0 Å². The van der Waals surface area contributed by atoms with Gasteiger partial charge in [-0.1, -0.05) is 6.07 Å². The largest absolute Gasteiger partial charge is 0.461 e. The van der Waals surface area contributed by atoms with Crippen LogP contribution in [-0.4, -0.2) is 12.6 Å². The highest BCUT2D eigenvalue weighted by Crippen LogP contribution is 2.19. The lowest BCUT2D eigenvalue weighted by Gasteiger charge is -2.13. The quantitative estimate of drug-likeness (QED) is 0.642. The molecule has 1 aromatic heterocycles. The Bertz CT molecular complexity index is 313. The van der Waals surface area contributed by atoms with Crippen LogP contribution in [0.3, 0.4) is 0 Å². The summed E-state index contributed by atoms with van der Waals surface area (Å²) in [7, 11) is 0. The molecule has 1 fully saturated rings. The third kappa shape index (κ3) is 2.18. The maximum atomic E-state index is 10.8. The van der Waals surface area contributed by atoms with Crippen LogP contribution in [0.5, 0.6) is 0 Å². The summed E-state index contributed by atoms with van der Waals surface area (Å²) >= 11 is 1.70. The number of carbonyl (C=O) groups excluding carboxylic acids is 1. The summed E-state index contributed by atoms with van der Waals surface area (Å²) in [4.78, 5) is 12.0. The highest BCUT2D eigenvalue weighted by atomic mass is 32.1. The molecule has 0 aliphatic carbocycles. The standard InChI is InChI=1S/C10H10O2S/c11-10-4-3-8(7-12-10)6-9-2-1-5-13-9/h1-2,5-6H,3-4,7H2. The number of rotatable bonds is 1. The number of cyclic esters (lactones) is 1. The zero-order valence-electron chi connectivity index (χ0n) is 7.16.